The van der Waals surface area contributed by atoms with E-state index in [0.29, 0.717) is 6.42 Å². The molecule has 1 spiro atoms. The second kappa shape index (κ2) is 5.55. The predicted octanol–water partition coefficient (Wildman–Crippen LogP) is 1.61. The lowest BCUT2D eigenvalue weighted by Gasteiger charge is -2.44. The van der Waals surface area contributed by atoms with E-state index in [9.17, 15) is 13.2 Å². The maximum atomic E-state index is 12.4. The maximum absolute atomic E-state index is 12.4. The van der Waals surface area contributed by atoms with Crippen molar-refractivity contribution < 1.29 is 17.9 Å². The van der Waals surface area contributed by atoms with Crippen LogP contribution in [0.5, 0.6) is 0 Å². The minimum Gasteiger partial charge on any atom is -0.445 e. The lowest BCUT2D eigenvalue weighted by atomic mass is 9.75. The van der Waals surface area contributed by atoms with E-state index in [-0.39, 0.29) is 18.7 Å². The van der Waals surface area contributed by atoms with E-state index in [4.69, 9.17) is 9.88 Å². The van der Waals surface area contributed by atoms with Crippen molar-refractivity contribution in [3.05, 3.63) is 35.9 Å². The van der Waals surface area contributed by atoms with Crippen LogP contribution in [0.2, 0.25) is 0 Å². The highest BCUT2D eigenvalue weighted by atomic mass is 32.2. The SMILES string of the molecule is NS(=O)(=O)C1CN(C(=O)OCc2ccccc2)C2(CCC2)C1. The standard InChI is InChI=1S/C15H20N2O4S/c16-22(19,20)13-9-15(7-4-8-15)17(10-13)14(18)21-11-12-5-2-1-3-6-12/h1-3,5-6,13H,4,7-11H2,(H2,16,19,20). The molecule has 1 aromatic carbocycles. The van der Waals surface area contributed by atoms with Gasteiger partial charge in [0.15, 0.2) is 0 Å². The average molecular weight is 324 g/mol. The Morgan fingerprint density at radius 3 is 2.55 bits per heavy atom. The number of primary sulfonamides is 1. The van der Waals surface area contributed by atoms with Gasteiger partial charge in [-0.1, -0.05) is 30.3 Å². The number of rotatable bonds is 3. The molecule has 2 aliphatic rings. The van der Waals surface area contributed by atoms with Crippen LogP contribution in [0.15, 0.2) is 30.3 Å². The van der Waals surface area contributed by atoms with Gasteiger partial charge in [0.25, 0.3) is 0 Å². The second-order valence-electron chi connectivity index (χ2n) is 6.14. The first kappa shape index (κ1) is 15.3. The number of nitrogens with two attached hydrogens (primary N) is 1. The number of ether oxygens (including phenoxy) is 1. The van der Waals surface area contributed by atoms with Crippen molar-refractivity contribution in [1.82, 2.24) is 4.90 Å². The highest BCUT2D eigenvalue weighted by Gasteiger charge is 2.54. The Labute approximate surface area is 130 Å². The Morgan fingerprint density at radius 2 is 2.00 bits per heavy atom. The van der Waals surface area contributed by atoms with Crippen LogP contribution in [-0.4, -0.2) is 36.7 Å². The summed E-state index contributed by atoms with van der Waals surface area (Å²) >= 11 is 0. The summed E-state index contributed by atoms with van der Waals surface area (Å²) in [6.45, 7) is 0.318. The van der Waals surface area contributed by atoms with E-state index >= 15 is 0 Å². The zero-order valence-electron chi connectivity index (χ0n) is 12.3. The maximum Gasteiger partial charge on any atom is 0.410 e. The lowest BCUT2D eigenvalue weighted by Crippen LogP contribution is -2.52. The number of likely N-dealkylation sites (tertiary alicyclic amines) is 1. The Balaban J connectivity index is 1.68. The molecule has 2 N–H and O–H groups in total. The summed E-state index contributed by atoms with van der Waals surface area (Å²) in [5.74, 6) is 0. The Bertz CT molecular complexity index is 655. The molecule has 6 nitrogen and oxygen atoms in total. The first-order valence-corrected chi connectivity index (χ1v) is 9.02. The summed E-state index contributed by atoms with van der Waals surface area (Å²) in [4.78, 5) is 13.9. The molecule has 2 fully saturated rings. The number of nitrogens with zero attached hydrogens (tertiary/aromatic N) is 1. The van der Waals surface area contributed by atoms with Crippen LogP contribution in [-0.2, 0) is 21.4 Å². The fourth-order valence-corrected chi connectivity index (χ4v) is 4.24. The van der Waals surface area contributed by atoms with Gasteiger partial charge in [0.1, 0.15) is 6.61 Å². The van der Waals surface area contributed by atoms with E-state index < -0.39 is 21.4 Å². The molecule has 1 unspecified atom stereocenters. The van der Waals surface area contributed by atoms with Gasteiger partial charge in [-0.2, -0.15) is 0 Å². The van der Waals surface area contributed by atoms with Crippen LogP contribution in [0.25, 0.3) is 0 Å². The van der Waals surface area contributed by atoms with Crippen LogP contribution in [0.1, 0.15) is 31.2 Å². The first-order chi connectivity index (χ1) is 10.4. The lowest BCUT2D eigenvalue weighted by molar-refractivity contribution is 0.0307. The number of amides is 1. The summed E-state index contributed by atoms with van der Waals surface area (Å²) in [5.41, 5.74) is 0.533. The number of carbonyl (C=O) groups excluding carboxylic acids is 1. The Hall–Kier alpha value is -1.60. The third kappa shape index (κ3) is 2.83. The predicted molar refractivity (Wildman–Crippen MR) is 81.4 cm³/mol. The van der Waals surface area contributed by atoms with Crippen LogP contribution in [0.4, 0.5) is 4.79 Å². The van der Waals surface area contributed by atoms with Crippen molar-refractivity contribution in [2.75, 3.05) is 6.54 Å². The van der Waals surface area contributed by atoms with Crippen molar-refractivity contribution in [2.45, 2.75) is 43.1 Å². The highest BCUT2D eigenvalue weighted by molar-refractivity contribution is 7.89. The molecule has 1 aromatic rings. The van der Waals surface area contributed by atoms with Gasteiger partial charge in [0, 0.05) is 12.1 Å². The third-order valence-corrected chi connectivity index (χ3v) is 5.99. The molecule has 1 aliphatic carbocycles. The number of benzene rings is 1. The zero-order valence-corrected chi connectivity index (χ0v) is 13.1. The molecule has 1 saturated carbocycles. The van der Waals surface area contributed by atoms with Gasteiger partial charge in [0.05, 0.1) is 5.25 Å². The molecule has 0 bridgehead atoms. The van der Waals surface area contributed by atoms with E-state index in [2.05, 4.69) is 0 Å². The molecule has 120 valence electrons. The number of sulfonamides is 1. The summed E-state index contributed by atoms with van der Waals surface area (Å²) in [5, 5.41) is 4.58. The van der Waals surface area contributed by atoms with E-state index in [1.807, 2.05) is 30.3 Å². The largest absolute Gasteiger partial charge is 0.445 e. The highest BCUT2D eigenvalue weighted by Crippen LogP contribution is 2.47. The molecular weight excluding hydrogens is 304 g/mol. The van der Waals surface area contributed by atoms with Crippen LogP contribution >= 0.6 is 0 Å². The van der Waals surface area contributed by atoms with Gasteiger partial charge in [-0.25, -0.2) is 18.4 Å². The fourth-order valence-electron chi connectivity index (χ4n) is 3.34. The summed E-state index contributed by atoms with van der Waals surface area (Å²) < 4.78 is 28.6. The Morgan fingerprint density at radius 1 is 1.32 bits per heavy atom. The minimum absolute atomic E-state index is 0.131. The molecular formula is C15H20N2O4S. The Kier molecular flexibility index (Phi) is 3.86. The quantitative estimate of drug-likeness (QED) is 0.914. The third-order valence-electron chi connectivity index (χ3n) is 4.74. The number of carbonyl (C=O) groups is 1. The first-order valence-electron chi connectivity index (χ1n) is 7.41. The molecule has 1 saturated heterocycles. The second-order valence-corrected chi connectivity index (χ2v) is 7.99. The van der Waals surface area contributed by atoms with E-state index in [1.165, 1.54) is 0 Å². The average Bonchev–Trinajstić information content (AvgIpc) is 2.87. The topological polar surface area (TPSA) is 89.7 Å². The monoisotopic (exact) mass is 324 g/mol. The molecule has 0 radical (unpaired) electrons. The van der Waals surface area contributed by atoms with Crippen molar-refractivity contribution in [2.24, 2.45) is 5.14 Å². The number of hydrogen-bond donors (Lipinski definition) is 1. The van der Waals surface area contributed by atoms with E-state index in [0.717, 1.165) is 24.8 Å². The van der Waals surface area contributed by atoms with Crippen molar-refractivity contribution in [3.8, 4) is 0 Å². The van der Waals surface area contributed by atoms with Crippen molar-refractivity contribution >= 4 is 16.1 Å². The van der Waals surface area contributed by atoms with Crippen LogP contribution < -0.4 is 5.14 Å². The van der Waals surface area contributed by atoms with E-state index in [1.54, 1.807) is 4.90 Å². The molecule has 7 heteroatoms. The molecule has 1 heterocycles. The summed E-state index contributed by atoms with van der Waals surface area (Å²) in [6, 6.07) is 9.41. The summed E-state index contributed by atoms with van der Waals surface area (Å²) in [7, 11) is -3.63. The van der Waals surface area contributed by atoms with Crippen molar-refractivity contribution in [3.63, 3.8) is 0 Å². The van der Waals surface area contributed by atoms with Gasteiger partial charge in [-0.3, -0.25) is 0 Å². The smallest absolute Gasteiger partial charge is 0.410 e. The fraction of sp³-hybridized carbons (Fsp3) is 0.533. The van der Waals surface area contributed by atoms with Gasteiger partial charge in [0.2, 0.25) is 10.0 Å². The molecule has 0 aromatic heterocycles. The van der Waals surface area contributed by atoms with Crippen LogP contribution in [0, 0.1) is 0 Å². The van der Waals surface area contributed by atoms with Gasteiger partial charge < -0.3 is 9.64 Å². The zero-order chi connectivity index (χ0) is 15.8. The molecule has 22 heavy (non-hydrogen) atoms. The normalized spacial score (nSPS) is 23.3. The van der Waals surface area contributed by atoms with Gasteiger partial charge >= 0.3 is 6.09 Å². The molecule has 1 atom stereocenters. The van der Waals surface area contributed by atoms with Crippen LogP contribution in [0.3, 0.4) is 0 Å². The molecule has 1 amide bonds. The minimum atomic E-state index is -3.63. The molecule has 3 rings (SSSR count). The van der Waals surface area contributed by atoms with Crippen molar-refractivity contribution in [1.29, 1.82) is 0 Å². The molecule has 1 aliphatic heterocycles. The van der Waals surface area contributed by atoms with Gasteiger partial charge in [-0.05, 0) is 31.2 Å². The number of hydrogen-bond acceptors (Lipinski definition) is 4. The van der Waals surface area contributed by atoms with Gasteiger partial charge in [-0.15, -0.1) is 0 Å². The summed E-state index contributed by atoms with van der Waals surface area (Å²) in [6.07, 6.45) is 2.61.